The zero-order valence-corrected chi connectivity index (χ0v) is 16.1. The van der Waals surface area contributed by atoms with Crippen LogP contribution >= 0.6 is 11.3 Å². The fourth-order valence-electron chi connectivity index (χ4n) is 2.40. The van der Waals surface area contributed by atoms with Crippen molar-refractivity contribution >= 4 is 23.2 Å². The second kappa shape index (κ2) is 10.5. The molecule has 140 valence electrons. The molecule has 0 unspecified atom stereocenters. The molecule has 0 saturated carbocycles. The first-order chi connectivity index (χ1) is 12.6. The Labute approximate surface area is 158 Å². The molecule has 0 aliphatic carbocycles. The minimum atomic E-state index is -0.297. The van der Waals surface area contributed by atoms with Gasteiger partial charge in [0.15, 0.2) is 5.96 Å². The monoisotopic (exact) mass is 374 g/mol. The third-order valence-electron chi connectivity index (χ3n) is 3.78. The summed E-state index contributed by atoms with van der Waals surface area (Å²) in [4.78, 5) is 20.1. The minimum Gasteiger partial charge on any atom is -0.507 e. The van der Waals surface area contributed by atoms with E-state index in [4.69, 9.17) is 0 Å². The van der Waals surface area contributed by atoms with Gasteiger partial charge in [-0.2, -0.15) is 0 Å². The van der Waals surface area contributed by atoms with E-state index in [-0.39, 0.29) is 17.2 Å². The summed E-state index contributed by atoms with van der Waals surface area (Å²) in [6, 6.07) is 10.7. The van der Waals surface area contributed by atoms with Crippen molar-refractivity contribution in [1.29, 1.82) is 0 Å². The van der Waals surface area contributed by atoms with Crippen LogP contribution in [-0.4, -0.2) is 55.1 Å². The quantitative estimate of drug-likeness (QED) is 0.376. The lowest BCUT2D eigenvalue weighted by Gasteiger charge is -2.21. The maximum atomic E-state index is 12.1. The molecule has 0 bridgehead atoms. The third-order valence-corrected chi connectivity index (χ3v) is 4.71. The number of guanidine groups is 1. The molecule has 1 heterocycles. The standard InChI is InChI=1S/C19H26N4O2S/c1-3-20-19(23(2)13-10-15-7-6-14-26-15)22-12-11-21-18(25)16-8-4-5-9-17(16)24/h4-9,14,24H,3,10-13H2,1-2H3,(H,20,22)(H,21,25). The van der Waals surface area contributed by atoms with E-state index in [9.17, 15) is 9.90 Å². The third kappa shape index (κ3) is 6.07. The van der Waals surface area contributed by atoms with Gasteiger partial charge in [0.25, 0.3) is 5.91 Å². The molecule has 0 atom stereocenters. The summed E-state index contributed by atoms with van der Waals surface area (Å²) in [5, 5.41) is 17.8. The molecule has 3 N–H and O–H groups in total. The molecule has 6 nitrogen and oxygen atoms in total. The van der Waals surface area contributed by atoms with Gasteiger partial charge in [0, 0.05) is 31.6 Å². The normalized spacial score (nSPS) is 11.2. The molecule has 0 radical (unpaired) electrons. The highest BCUT2D eigenvalue weighted by molar-refractivity contribution is 7.09. The van der Waals surface area contributed by atoms with Crippen LogP contribution < -0.4 is 10.6 Å². The molecule has 0 spiro atoms. The Morgan fingerprint density at radius 3 is 2.73 bits per heavy atom. The van der Waals surface area contributed by atoms with E-state index in [1.165, 1.54) is 10.9 Å². The predicted octanol–water partition coefficient (Wildman–Crippen LogP) is 2.32. The van der Waals surface area contributed by atoms with Gasteiger partial charge in [-0.25, -0.2) is 0 Å². The molecule has 0 aliphatic rings. The van der Waals surface area contributed by atoms with E-state index in [1.54, 1.807) is 29.5 Å². The van der Waals surface area contributed by atoms with Gasteiger partial charge in [-0.15, -0.1) is 11.3 Å². The molecular weight excluding hydrogens is 348 g/mol. The van der Waals surface area contributed by atoms with E-state index in [0.717, 1.165) is 25.5 Å². The SMILES string of the molecule is CCNC(=NCCNC(=O)c1ccccc1O)N(C)CCc1cccs1. The maximum Gasteiger partial charge on any atom is 0.255 e. The number of thiophene rings is 1. The van der Waals surface area contributed by atoms with Crippen molar-refractivity contribution in [2.75, 3.05) is 33.2 Å². The lowest BCUT2D eigenvalue weighted by molar-refractivity contribution is 0.0952. The number of amides is 1. The molecular formula is C19H26N4O2S. The summed E-state index contributed by atoms with van der Waals surface area (Å²) in [5.41, 5.74) is 0.274. The van der Waals surface area contributed by atoms with E-state index in [0.29, 0.717) is 13.1 Å². The van der Waals surface area contributed by atoms with Crippen LogP contribution in [0.5, 0.6) is 5.75 Å². The number of phenolic OH excluding ortho intramolecular Hbond substituents is 1. The number of rotatable bonds is 8. The topological polar surface area (TPSA) is 77.0 Å². The first kappa shape index (κ1) is 19.8. The number of phenols is 1. The molecule has 2 aromatic rings. The number of aromatic hydroxyl groups is 1. The highest BCUT2D eigenvalue weighted by Gasteiger charge is 2.09. The first-order valence-corrected chi connectivity index (χ1v) is 9.57. The number of hydrogen-bond donors (Lipinski definition) is 3. The van der Waals surface area contributed by atoms with Crippen LogP contribution in [-0.2, 0) is 6.42 Å². The van der Waals surface area contributed by atoms with Gasteiger partial charge in [-0.05, 0) is 36.9 Å². The van der Waals surface area contributed by atoms with Crippen LogP contribution in [0, 0.1) is 0 Å². The number of nitrogens with one attached hydrogen (secondary N) is 2. The molecule has 7 heteroatoms. The Hall–Kier alpha value is -2.54. The average Bonchev–Trinajstić information content (AvgIpc) is 3.16. The molecule has 26 heavy (non-hydrogen) atoms. The van der Waals surface area contributed by atoms with Gasteiger partial charge in [-0.1, -0.05) is 18.2 Å². The summed E-state index contributed by atoms with van der Waals surface area (Å²) < 4.78 is 0. The smallest absolute Gasteiger partial charge is 0.255 e. The van der Waals surface area contributed by atoms with Crippen molar-refractivity contribution in [2.24, 2.45) is 4.99 Å². The van der Waals surface area contributed by atoms with Crippen molar-refractivity contribution in [3.8, 4) is 5.75 Å². The molecule has 2 rings (SSSR count). The molecule has 1 aromatic carbocycles. The van der Waals surface area contributed by atoms with Gasteiger partial charge in [-0.3, -0.25) is 9.79 Å². The van der Waals surface area contributed by atoms with E-state index in [1.807, 2.05) is 14.0 Å². The van der Waals surface area contributed by atoms with Crippen LogP contribution in [0.4, 0.5) is 0 Å². The van der Waals surface area contributed by atoms with E-state index >= 15 is 0 Å². The zero-order valence-electron chi connectivity index (χ0n) is 15.2. The van der Waals surface area contributed by atoms with E-state index < -0.39 is 0 Å². The van der Waals surface area contributed by atoms with Gasteiger partial charge >= 0.3 is 0 Å². The zero-order chi connectivity index (χ0) is 18.8. The first-order valence-electron chi connectivity index (χ1n) is 8.69. The molecule has 0 fully saturated rings. The van der Waals surface area contributed by atoms with Gasteiger partial charge in [0.2, 0.25) is 0 Å². The summed E-state index contributed by atoms with van der Waals surface area (Å²) in [5.74, 6) is 0.505. The van der Waals surface area contributed by atoms with Crippen LogP contribution in [0.25, 0.3) is 0 Å². The number of aliphatic imine (C=N–C) groups is 1. The number of likely N-dealkylation sites (N-methyl/N-ethyl adjacent to an activating group) is 1. The Balaban J connectivity index is 1.82. The molecule has 1 amide bonds. The summed E-state index contributed by atoms with van der Waals surface area (Å²) in [6.45, 7) is 4.55. The van der Waals surface area contributed by atoms with Gasteiger partial charge in [0.1, 0.15) is 5.75 Å². The molecule has 1 aromatic heterocycles. The number of carbonyl (C=O) groups is 1. The highest BCUT2D eigenvalue weighted by Crippen LogP contribution is 2.14. The van der Waals surface area contributed by atoms with Crippen molar-refractivity contribution in [2.45, 2.75) is 13.3 Å². The Bertz CT molecular complexity index is 716. The highest BCUT2D eigenvalue weighted by atomic mass is 32.1. The second-order valence-corrected chi connectivity index (χ2v) is 6.79. The van der Waals surface area contributed by atoms with Crippen LogP contribution in [0.1, 0.15) is 22.2 Å². The van der Waals surface area contributed by atoms with Gasteiger partial charge < -0.3 is 20.6 Å². The number of para-hydroxylation sites is 1. The fraction of sp³-hybridized carbons (Fsp3) is 0.368. The number of carbonyl (C=O) groups excluding carboxylic acids is 1. The lowest BCUT2D eigenvalue weighted by atomic mass is 10.2. The van der Waals surface area contributed by atoms with E-state index in [2.05, 4.69) is 38.0 Å². The van der Waals surface area contributed by atoms with Crippen molar-refractivity contribution in [3.05, 3.63) is 52.2 Å². The Morgan fingerprint density at radius 2 is 2.04 bits per heavy atom. The predicted molar refractivity (Wildman–Crippen MR) is 107 cm³/mol. The molecule has 0 aliphatic heterocycles. The largest absolute Gasteiger partial charge is 0.507 e. The fourth-order valence-corrected chi connectivity index (χ4v) is 3.10. The second-order valence-electron chi connectivity index (χ2n) is 5.76. The summed E-state index contributed by atoms with van der Waals surface area (Å²) in [7, 11) is 2.01. The van der Waals surface area contributed by atoms with Crippen LogP contribution in [0.2, 0.25) is 0 Å². The number of hydrogen-bond acceptors (Lipinski definition) is 4. The minimum absolute atomic E-state index is 0.0184. The van der Waals surface area contributed by atoms with Crippen LogP contribution in [0.15, 0.2) is 46.8 Å². The number of benzene rings is 1. The Kier molecular flexibility index (Phi) is 7.95. The van der Waals surface area contributed by atoms with Gasteiger partial charge in [0.05, 0.1) is 12.1 Å². The molecule has 0 saturated heterocycles. The summed E-state index contributed by atoms with van der Waals surface area (Å²) >= 11 is 1.76. The Morgan fingerprint density at radius 1 is 1.23 bits per heavy atom. The van der Waals surface area contributed by atoms with Crippen LogP contribution in [0.3, 0.4) is 0 Å². The summed E-state index contributed by atoms with van der Waals surface area (Å²) in [6.07, 6.45) is 0.975. The number of nitrogens with zero attached hydrogens (tertiary/aromatic N) is 2. The average molecular weight is 375 g/mol. The maximum absolute atomic E-state index is 12.1. The van der Waals surface area contributed by atoms with Crippen molar-refractivity contribution in [1.82, 2.24) is 15.5 Å². The van der Waals surface area contributed by atoms with Crippen molar-refractivity contribution in [3.63, 3.8) is 0 Å². The lowest BCUT2D eigenvalue weighted by Crippen LogP contribution is -2.40. The van der Waals surface area contributed by atoms with Crippen molar-refractivity contribution < 1.29 is 9.90 Å².